The molecule has 2 unspecified atom stereocenters. The van der Waals surface area contributed by atoms with Gasteiger partial charge in [-0.2, -0.15) is 0 Å². The Morgan fingerprint density at radius 2 is 2.21 bits per heavy atom. The zero-order valence-electron chi connectivity index (χ0n) is 11.9. The Morgan fingerprint density at radius 1 is 1.47 bits per heavy atom. The summed E-state index contributed by atoms with van der Waals surface area (Å²) in [5.41, 5.74) is 8.32. The number of nitrogens with two attached hydrogens (primary N) is 1. The van der Waals surface area contributed by atoms with E-state index in [0.717, 1.165) is 19.3 Å². The first-order valence-corrected chi connectivity index (χ1v) is 7.17. The molecule has 0 aromatic heterocycles. The summed E-state index contributed by atoms with van der Waals surface area (Å²) in [6.07, 6.45) is 3.90. The number of benzene rings is 1. The molecule has 0 aliphatic heterocycles. The molecule has 1 aliphatic carbocycles. The monoisotopic (exact) mass is 260 g/mol. The van der Waals surface area contributed by atoms with Crippen LogP contribution in [-0.4, -0.2) is 24.4 Å². The Hall–Kier alpha value is -1.35. The zero-order chi connectivity index (χ0) is 13.8. The Kier molecular flexibility index (Phi) is 4.59. The number of fused-ring (bicyclic) bond motifs is 1. The Labute approximate surface area is 115 Å². The fourth-order valence-electron chi connectivity index (χ4n) is 2.83. The van der Waals surface area contributed by atoms with Gasteiger partial charge < -0.3 is 10.6 Å². The summed E-state index contributed by atoms with van der Waals surface area (Å²) in [6, 6.07) is 8.73. The van der Waals surface area contributed by atoms with E-state index in [4.69, 9.17) is 5.73 Å². The van der Waals surface area contributed by atoms with Crippen LogP contribution in [0.15, 0.2) is 24.3 Å². The molecule has 0 saturated heterocycles. The normalized spacial score (nSPS) is 19.6. The van der Waals surface area contributed by atoms with E-state index >= 15 is 0 Å². The average molecular weight is 260 g/mol. The van der Waals surface area contributed by atoms with E-state index in [0.29, 0.717) is 13.0 Å². The molecule has 0 heterocycles. The van der Waals surface area contributed by atoms with Crippen molar-refractivity contribution < 1.29 is 4.79 Å². The van der Waals surface area contributed by atoms with Gasteiger partial charge in [-0.15, -0.1) is 0 Å². The van der Waals surface area contributed by atoms with Crippen LogP contribution in [0.3, 0.4) is 0 Å². The molecule has 0 spiro atoms. The molecule has 1 aromatic rings. The highest BCUT2D eigenvalue weighted by Gasteiger charge is 2.26. The van der Waals surface area contributed by atoms with Crippen molar-refractivity contribution in [2.24, 2.45) is 11.7 Å². The summed E-state index contributed by atoms with van der Waals surface area (Å²) in [5, 5.41) is 0. The van der Waals surface area contributed by atoms with Gasteiger partial charge in [-0.3, -0.25) is 4.79 Å². The second kappa shape index (κ2) is 6.20. The molecule has 2 N–H and O–H groups in total. The van der Waals surface area contributed by atoms with E-state index in [9.17, 15) is 4.79 Å². The lowest BCUT2D eigenvalue weighted by molar-refractivity contribution is -0.133. The second-order valence-corrected chi connectivity index (χ2v) is 5.66. The third kappa shape index (κ3) is 3.16. The maximum Gasteiger partial charge on any atom is 0.223 e. The zero-order valence-corrected chi connectivity index (χ0v) is 11.9. The quantitative estimate of drug-likeness (QED) is 0.904. The fraction of sp³-hybridized carbons (Fsp3) is 0.562. The number of rotatable bonds is 4. The Bertz CT molecular complexity index is 444. The molecular formula is C16H24N2O. The van der Waals surface area contributed by atoms with Gasteiger partial charge in [-0.05, 0) is 42.9 Å². The SMILES string of the molecule is CC(CN)CC(=O)N(C)C1CCCc2ccccc21. The van der Waals surface area contributed by atoms with Crippen LogP contribution in [0.5, 0.6) is 0 Å². The van der Waals surface area contributed by atoms with Crippen LogP contribution in [0.2, 0.25) is 0 Å². The molecule has 3 nitrogen and oxygen atoms in total. The number of aryl methyl sites for hydroxylation is 1. The van der Waals surface area contributed by atoms with E-state index in [1.165, 1.54) is 11.1 Å². The van der Waals surface area contributed by atoms with Gasteiger partial charge in [-0.25, -0.2) is 0 Å². The minimum absolute atomic E-state index is 0.208. The van der Waals surface area contributed by atoms with Crippen LogP contribution in [0.25, 0.3) is 0 Å². The van der Waals surface area contributed by atoms with Crippen LogP contribution >= 0.6 is 0 Å². The van der Waals surface area contributed by atoms with E-state index in [-0.39, 0.29) is 17.9 Å². The van der Waals surface area contributed by atoms with Crippen molar-refractivity contribution in [3.63, 3.8) is 0 Å². The van der Waals surface area contributed by atoms with Crippen molar-refractivity contribution in [2.75, 3.05) is 13.6 Å². The average Bonchev–Trinajstić information content (AvgIpc) is 2.45. The van der Waals surface area contributed by atoms with Crippen LogP contribution in [0.4, 0.5) is 0 Å². The molecule has 104 valence electrons. The largest absolute Gasteiger partial charge is 0.339 e. The molecule has 19 heavy (non-hydrogen) atoms. The van der Waals surface area contributed by atoms with E-state index in [1.807, 2.05) is 18.9 Å². The van der Waals surface area contributed by atoms with Crippen LogP contribution in [0.1, 0.15) is 43.4 Å². The summed E-state index contributed by atoms with van der Waals surface area (Å²) in [5.74, 6) is 0.466. The number of nitrogens with zero attached hydrogens (tertiary/aromatic N) is 1. The van der Waals surface area contributed by atoms with Gasteiger partial charge in [0.1, 0.15) is 0 Å². The molecule has 2 rings (SSSR count). The van der Waals surface area contributed by atoms with Gasteiger partial charge in [0.15, 0.2) is 0 Å². The lowest BCUT2D eigenvalue weighted by atomic mass is 9.87. The van der Waals surface area contributed by atoms with Crippen molar-refractivity contribution in [3.05, 3.63) is 35.4 Å². The highest BCUT2D eigenvalue weighted by Crippen LogP contribution is 2.33. The lowest BCUT2D eigenvalue weighted by Gasteiger charge is -2.33. The molecule has 1 amide bonds. The van der Waals surface area contributed by atoms with Gasteiger partial charge in [0.05, 0.1) is 6.04 Å². The Balaban J connectivity index is 2.12. The van der Waals surface area contributed by atoms with Gasteiger partial charge in [-0.1, -0.05) is 31.2 Å². The van der Waals surface area contributed by atoms with Crippen LogP contribution in [0, 0.1) is 5.92 Å². The minimum atomic E-state index is 0.208. The third-order valence-electron chi connectivity index (χ3n) is 4.12. The molecule has 0 radical (unpaired) electrons. The third-order valence-corrected chi connectivity index (χ3v) is 4.12. The first-order chi connectivity index (χ1) is 9.13. The van der Waals surface area contributed by atoms with E-state index in [2.05, 4.69) is 24.3 Å². The van der Waals surface area contributed by atoms with Crippen LogP contribution in [-0.2, 0) is 11.2 Å². The van der Waals surface area contributed by atoms with Gasteiger partial charge >= 0.3 is 0 Å². The van der Waals surface area contributed by atoms with Crippen molar-refractivity contribution in [1.82, 2.24) is 4.90 Å². The summed E-state index contributed by atoms with van der Waals surface area (Å²) in [7, 11) is 1.93. The van der Waals surface area contributed by atoms with Gasteiger partial charge in [0.2, 0.25) is 5.91 Å². The summed E-state index contributed by atoms with van der Waals surface area (Å²) >= 11 is 0. The van der Waals surface area contributed by atoms with E-state index < -0.39 is 0 Å². The highest BCUT2D eigenvalue weighted by molar-refractivity contribution is 5.76. The number of hydrogen-bond acceptors (Lipinski definition) is 2. The van der Waals surface area contributed by atoms with E-state index in [1.54, 1.807) is 0 Å². The van der Waals surface area contributed by atoms with Crippen molar-refractivity contribution in [3.8, 4) is 0 Å². The molecular weight excluding hydrogens is 236 g/mol. The smallest absolute Gasteiger partial charge is 0.223 e. The van der Waals surface area contributed by atoms with Crippen LogP contribution < -0.4 is 5.73 Å². The molecule has 1 aliphatic rings. The maximum atomic E-state index is 12.3. The van der Waals surface area contributed by atoms with Gasteiger partial charge in [0.25, 0.3) is 0 Å². The first kappa shape index (κ1) is 14.1. The lowest BCUT2D eigenvalue weighted by Crippen LogP contribution is -2.34. The molecule has 0 saturated carbocycles. The number of amides is 1. The maximum absolute atomic E-state index is 12.3. The van der Waals surface area contributed by atoms with Gasteiger partial charge in [0, 0.05) is 13.5 Å². The summed E-state index contributed by atoms with van der Waals surface area (Å²) < 4.78 is 0. The summed E-state index contributed by atoms with van der Waals surface area (Å²) in [6.45, 7) is 2.60. The summed E-state index contributed by atoms with van der Waals surface area (Å²) in [4.78, 5) is 14.2. The highest BCUT2D eigenvalue weighted by atomic mass is 16.2. The molecule has 0 bridgehead atoms. The predicted molar refractivity (Wildman–Crippen MR) is 77.7 cm³/mol. The first-order valence-electron chi connectivity index (χ1n) is 7.17. The van der Waals surface area contributed by atoms with Crippen molar-refractivity contribution >= 4 is 5.91 Å². The molecule has 3 heteroatoms. The number of carbonyl (C=O) groups excluding carboxylic acids is 1. The number of carbonyl (C=O) groups is 1. The van der Waals surface area contributed by atoms with Crippen molar-refractivity contribution in [1.29, 1.82) is 0 Å². The minimum Gasteiger partial charge on any atom is -0.339 e. The molecule has 1 aromatic carbocycles. The Morgan fingerprint density at radius 3 is 2.95 bits per heavy atom. The second-order valence-electron chi connectivity index (χ2n) is 5.66. The standard InChI is InChI=1S/C16H24N2O/c1-12(11-17)10-16(19)18(2)15-9-5-7-13-6-3-4-8-14(13)15/h3-4,6,8,12,15H,5,7,9-11,17H2,1-2H3. The molecule has 2 atom stereocenters. The van der Waals surface area contributed by atoms with Crippen molar-refractivity contribution in [2.45, 2.75) is 38.6 Å². The fourth-order valence-corrected chi connectivity index (χ4v) is 2.83. The number of hydrogen-bond donors (Lipinski definition) is 1. The predicted octanol–water partition coefficient (Wildman–Crippen LogP) is 2.51. The topological polar surface area (TPSA) is 46.3 Å². The molecule has 0 fully saturated rings.